The van der Waals surface area contributed by atoms with Gasteiger partial charge in [-0.05, 0) is 71.0 Å². The van der Waals surface area contributed by atoms with Crippen molar-refractivity contribution in [2.24, 2.45) is 5.92 Å². The molecule has 0 spiro atoms. The normalized spacial score (nSPS) is 29.4. The van der Waals surface area contributed by atoms with Crippen molar-refractivity contribution in [1.82, 2.24) is 14.7 Å². The highest BCUT2D eigenvalue weighted by Gasteiger charge is 2.31. The van der Waals surface area contributed by atoms with Gasteiger partial charge >= 0.3 is 0 Å². The summed E-state index contributed by atoms with van der Waals surface area (Å²) in [7, 11) is 0. The van der Waals surface area contributed by atoms with Gasteiger partial charge in [-0.1, -0.05) is 12.8 Å². The fraction of sp³-hybridized carbons (Fsp3) is 0.947. The third kappa shape index (κ3) is 4.69. The lowest BCUT2D eigenvalue weighted by Gasteiger charge is -2.39. The first kappa shape index (κ1) is 17.2. The van der Waals surface area contributed by atoms with Gasteiger partial charge in [0.1, 0.15) is 0 Å². The molecule has 0 saturated carbocycles. The van der Waals surface area contributed by atoms with Crippen molar-refractivity contribution in [2.45, 2.75) is 64.3 Å². The minimum Gasteiger partial charge on any atom is -0.341 e. The topological polar surface area (TPSA) is 26.8 Å². The van der Waals surface area contributed by atoms with Crippen molar-refractivity contribution in [3.05, 3.63) is 0 Å². The van der Waals surface area contributed by atoms with Gasteiger partial charge < -0.3 is 9.80 Å². The molecule has 0 aliphatic carbocycles. The van der Waals surface area contributed by atoms with Crippen molar-refractivity contribution < 1.29 is 4.79 Å². The summed E-state index contributed by atoms with van der Waals surface area (Å²) in [5.41, 5.74) is 0. The first-order valence-corrected chi connectivity index (χ1v) is 9.99. The predicted octanol–water partition coefficient (Wildman–Crippen LogP) is 2.59. The monoisotopic (exact) mass is 321 g/mol. The van der Waals surface area contributed by atoms with Crippen molar-refractivity contribution in [2.75, 3.05) is 45.8 Å². The Kier molecular flexibility index (Phi) is 6.35. The van der Waals surface area contributed by atoms with Crippen LogP contribution >= 0.6 is 0 Å². The van der Waals surface area contributed by atoms with Crippen molar-refractivity contribution in [3.63, 3.8) is 0 Å². The summed E-state index contributed by atoms with van der Waals surface area (Å²) in [6.45, 7) is 10.2. The molecule has 3 saturated heterocycles. The molecule has 0 radical (unpaired) electrons. The Morgan fingerprint density at radius 1 is 0.913 bits per heavy atom. The van der Waals surface area contributed by atoms with Gasteiger partial charge in [0.2, 0.25) is 5.91 Å². The average Bonchev–Trinajstić information content (AvgIpc) is 2.99. The second-order valence-corrected chi connectivity index (χ2v) is 7.93. The molecule has 2 atom stereocenters. The number of piperidine rings is 1. The van der Waals surface area contributed by atoms with E-state index in [2.05, 4.69) is 21.6 Å². The van der Waals surface area contributed by atoms with Gasteiger partial charge in [-0.15, -0.1) is 0 Å². The van der Waals surface area contributed by atoms with Crippen LogP contribution < -0.4 is 0 Å². The molecule has 0 aromatic rings. The summed E-state index contributed by atoms with van der Waals surface area (Å²) in [5, 5.41) is 0. The van der Waals surface area contributed by atoms with Crippen LogP contribution in [0.3, 0.4) is 0 Å². The number of carbonyl (C=O) groups is 1. The molecule has 4 heteroatoms. The number of likely N-dealkylation sites (tertiary alicyclic amines) is 3. The number of nitrogens with zero attached hydrogens (tertiary/aromatic N) is 3. The van der Waals surface area contributed by atoms with Crippen LogP contribution in [0.5, 0.6) is 0 Å². The number of hydrogen-bond acceptors (Lipinski definition) is 3. The van der Waals surface area contributed by atoms with Crippen molar-refractivity contribution >= 4 is 5.91 Å². The molecule has 3 fully saturated rings. The van der Waals surface area contributed by atoms with Crippen LogP contribution in [0.1, 0.15) is 58.3 Å². The zero-order valence-corrected chi connectivity index (χ0v) is 15.0. The molecule has 0 unspecified atom stereocenters. The third-order valence-corrected chi connectivity index (χ3v) is 6.09. The van der Waals surface area contributed by atoms with Crippen LogP contribution in [0, 0.1) is 5.92 Å². The van der Waals surface area contributed by atoms with Crippen LogP contribution in [0.15, 0.2) is 0 Å². The highest BCUT2D eigenvalue weighted by molar-refractivity contribution is 5.81. The van der Waals surface area contributed by atoms with Gasteiger partial charge in [0.25, 0.3) is 0 Å². The molecule has 0 aromatic carbocycles. The highest BCUT2D eigenvalue weighted by atomic mass is 16.2. The lowest BCUT2D eigenvalue weighted by molar-refractivity contribution is -0.136. The summed E-state index contributed by atoms with van der Waals surface area (Å²) in [6.07, 6.45) is 10.6. The zero-order chi connectivity index (χ0) is 16.1. The number of rotatable bonds is 4. The Hall–Kier alpha value is -0.610. The molecule has 3 heterocycles. The van der Waals surface area contributed by atoms with E-state index in [1.807, 2.05) is 0 Å². The van der Waals surface area contributed by atoms with E-state index in [9.17, 15) is 4.79 Å². The minimum atomic E-state index is 0.0834. The maximum Gasteiger partial charge on any atom is 0.239 e. The van der Waals surface area contributed by atoms with Crippen LogP contribution in [-0.4, -0.2) is 72.5 Å². The largest absolute Gasteiger partial charge is 0.341 e. The van der Waals surface area contributed by atoms with E-state index in [1.165, 1.54) is 71.0 Å². The minimum absolute atomic E-state index is 0.0834. The van der Waals surface area contributed by atoms with Crippen molar-refractivity contribution in [3.8, 4) is 0 Å². The van der Waals surface area contributed by atoms with Gasteiger partial charge in [-0.25, -0.2) is 0 Å². The zero-order valence-electron chi connectivity index (χ0n) is 15.0. The standard InChI is InChI=1S/C19H35N3O/c1-17(19(23)21-12-6-7-13-21)22-14-8-9-18(16-22)15-20-10-4-2-3-5-11-20/h17-18H,2-16H2,1H3/t17-,18-/m0/s1. The smallest absolute Gasteiger partial charge is 0.239 e. The molecule has 132 valence electrons. The maximum atomic E-state index is 12.7. The molecule has 3 rings (SSSR count). The Balaban J connectivity index is 1.49. The highest BCUT2D eigenvalue weighted by Crippen LogP contribution is 2.22. The SMILES string of the molecule is C[C@@H](C(=O)N1CCCC1)N1CCC[C@@H](CN2CCCCCC2)C1. The molecule has 0 N–H and O–H groups in total. The molecule has 3 aliphatic heterocycles. The van der Waals surface area contributed by atoms with Crippen LogP contribution in [0.25, 0.3) is 0 Å². The molecule has 23 heavy (non-hydrogen) atoms. The van der Waals surface area contributed by atoms with E-state index in [4.69, 9.17) is 0 Å². The predicted molar refractivity (Wildman–Crippen MR) is 94.5 cm³/mol. The quantitative estimate of drug-likeness (QED) is 0.796. The fourth-order valence-corrected chi connectivity index (χ4v) is 4.64. The second-order valence-electron chi connectivity index (χ2n) is 7.93. The first-order chi connectivity index (χ1) is 11.2. The van der Waals surface area contributed by atoms with Gasteiger partial charge in [0, 0.05) is 26.2 Å². The lowest BCUT2D eigenvalue weighted by Crippen LogP contribution is -2.51. The summed E-state index contributed by atoms with van der Waals surface area (Å²) in [4.78, 5) is 19.9. The summed E-state index contributed by atoms with van der Waals surface area (Å²) < 4.78 is 0. The van der Waals surface area contributed by atoms with Gasteiger partial charge in [-0.3, -0.25) is 9.69 Å². The Morgan fingerprint density at radius 2 is 1.57 bits per heavy atom. The second kappa shape index (κ2) is 8.48. The first-order valence-electron chi connectivity index (χ1n) is 9.99. The molecule has 0 bridgehead atoms. The van der Waals surface area contributed by atoms with Crippen LogP contribution in [0.4, 0.5) is 0 Å². The van der Waals surface area contributed by atoms with Gasteiger partial charge in [0.15, 0.2) is 0 Å². The van der Waals surface area contributed by atoms with Crippen molar-refractivity contribution in [1.29, 1.82) is 0 Å². The molecule has 3 aliphatic rings. The van der Waals surface area contributed by atoms with Crippen LogP contribution in [0.2, 0.25) is 0 Å². The maximum absolute atomic E-state index is 12.7. The Morgan fingerprint density at radius 3 is 2.26 bits per heavy atom. The fourth-order valence-electron chi connectivity index (χ4n) is 4.64. The molecular weight excluding hydrogens is 286 g/mol. The number of hydrogen-bond donors (Lipinski definition) is 0. The van der Waals surface area contributed by atoms with E-state index >= 15 is 0 Å². The molecular formula is C19H35N3O. The lowest BCUT2D eigenvalue weighted by atomic mass is 9.96. The Labute approximate surface area is 142 Å². The van der Waals surface area contributed by atoms with Gasteiger partial charge in [-0.2, -0.15) is 0 Å². The average molecular weight is 322 g/mol. The van der Waals surface area contributed by atoms with E-state index in [0.717, 1.165) is 32.1 Å². The number of carbonyl (C=O) groups excluding carboxylic acids is 1. The molecule has 0 aromatic heterocycles. The summed E-state index contributed by atoms with van der Waals surface area (Å²) in [5.74, 6) is 1.13. The molecule has 1 amide bonds. The molecule has 4 nitrogen and oxygen atoms in total. The summed E-state index contributed by atoms with van der Waals surface area (Å²) >= 11 is 0. The van der Waals surface area contributed by atoms with E-state index in [1.54, 1.807) is 0 Å². The summed E-state index contributed by atoms with van der Waals surface area (Å²) in [6, 6.07) is 0.0834. The number of amides is 1. The Bertz CT molecular complexity index is 373. The van der Waals surface area contributed by atoms with E-state index in [-0.39, 0.29) is 6.04 Å². The van der Waals surface area contributed by atoms with Crippen LogP contribution in [-0.2, 0) is 4.79 Å². The third-order valence-electron chi connectivity index (χ3n) is 6.09. The van der Waals surface area contributed by atoms with E-state index in [0.29, 0.717) is 5.91 Å². The van der Waals surface area contributed by atoms with E-state index < -0.39 is 0 Å². The van der Waals surface area contributed by atoms with Gasteiger partial charge in [0.05, 0.1) is 6.04 Å².